The second kappa shape index (κ2) is 6.19. The van der Waals surface area contributed by atoms with Crippen LogP contribution < -0.4 is 5.32 Å². The summed E-state index contributed by atoms with van der Waals surface area (Å²) in [6, 6.07) is 13.1. The maximum Gasteiger partial charge on any atom is 0.308 e. The molecule has 0 heterocycles. The molecule has 0 aliphatic rings. The molecule has 104 valence electrons. The van der Waals surface area contributed by atoms with E-state index in [0.29, 0.717) is 12.0 Å². The molecule has 2 aromatic rings. The molecular formula is C16H17NO3. The molecule has 0 aliphatic heterocycles. The molecular weight excluding hydrogens is 254 g/mol. The largest absolute Gasteiger partial charge is 0.481 e. The Morgan fingerprint density at radius 1 is 1.15 bits per heavy atom. The van der Waals surface area contributed by atoms with Crippen molar-refractivity contribution in [2.45, 2.75) is 13.3 Å². The van der Waals surface area contributed by atoms with Gasteiger partial charge in [-0.2, -0.15) is 0 Å². The molecule has 4 heteroatoms. The number of amides is 1. The van der Waals surface area contributed by atoms with Gasteiger partial charge in [0.05, 0.1) is 5.92 Å². The summed E-state index contributed by atoms with van der Waals surface area (Å²) >= 11 is 0. The molecule has 1 atom stereocenters. The molecule has 2 N–H and O–H groups in total. The molecule has 2 rings (SSSR count). The maximum atomic E-state index is 12.2. The number of fused-ring (bicyclic) bond motifs is 1. The highest BCUT2D eigenvalue weighted by atomic mass is 16.4. The van der Waals surface area contributed by atoms with Gasteiger partial charge >= 0.3 is 5.97 Å². The first-order valence-corrected chi connectivity index (χ1v) is 6.62. The Balaban J connectivity index is 2.18. The van der Waals surface area contributed by atoms with Crippen LogP contribution in [0.25, 0.3) is 10.8 Å². The molecule has 2 aromatic carbocycles. The molecule has 0 aliphatic carbocycles. The number of carbonyl (C=O) groups excluding carboxylic acids is 1. The van der Waals surface area contributed by atoms with E-state index in [1.807, 2.05) is 36.4 Å². The Morgan fingerprint density at radius 3 is 2.55 bits per heavy atom. The summed E-state index contributed by atoms with van der Waals surface area (Å²) in [5, 5.41) is 13.5. The van der Waals surface area contributed by atoms with Crippen LogP contribution >= 0.6 is 0 Å². The predicted molar refractivity (Wildman–Crippen MR) is 77.7 cm³/mol. The van der Waals surface area contributed by atoms with Crippen LogP contribution in [0.5, 0.6) is 0 Å². The molecule has 0 fully saturated rings. The highest BCUT2D eigenvalue weighted by Gasteiger charge is 2.17. The number of hydrogen-bond donors (Lipinski definition) is 2. The van der Waals surface area contributed by atoms with Gasteiger partial charge in [-0.25, -0.2) is 0 Å². The number of carbonyl (C=O) groups is 2. The fraction of sp³-hybridized carbons (Fsp3) is 0.250. The van der Waals surface area contributed by atoms with Gasteiger partial charge in [0.15, 0.2) is 0 Å². The van der Waals surface area contributed by atoms with Gasteiger partial charge < -0.3 is 10.4 Å². The van der Waals surface area contributed by atoms with Crippen LogP contribution in [0.1, 0.15) is 23.7 Å². The van der Waals surface area contributed by atoms with Gasteiger partial charge in [0, 0.05) is 12.1 Å². The number of hydrogen-bond acceptors (Lipinski definition) is 2. The van der Waals surface area contributed by atoms with Crippen molar-refractivity contribution in [1.82, 2.24) is 5.32 Å². The van der Waals surface area contributed by atoms with E-state index in [-0.39, 0.29) is 12.5 Å². The zero-order valence-electron chi connectivity index (χ0n) is 11.3. The minimum absolute atomic E-state index is 0.147. The first-order chi connectivity index (χ1) is 9.63. The topological polar surface area (TPSA) is 66.4 Å². The third-order valence-electron chi connectivity index (χ3n) is 3.39. The lowest BCUT2D eigenvalue weighted by atomic mass is 10.0. The summed E-state index contributed by atoms with van der Waals surface area (Å²) in [6.07, 6.45) is 0.491. The molecule has 0 spiro atoms. The Bertz CT molecular complexity index is 631. The molecule has 0 radical (unpaired) electrons. The van der Waals surface area contributed by atoms with Crippen molar-refractivity contribution in [3.63, 3.8) is 0 Å². The summed E-state index contributed by atoms with van der Waals surface area (Å²) in [6.45, 7) is 1.94. The van der Waals surface area contributed by atoms with Gasteiger partial charge in [-0.15, -0.1) is 0 Å². The standard InChI is InChI=1S/C16H17NO3/c1-2-11(16(19)20)10-17-15(18)14-9-5-7-12-6-3-4-8-13(12)14/h3-9,11H,2,10H2,1H3,(H,17,18)(H,19,20). The van der Waals surface area contributed by atoms with Gasteiger partial charge in [-0.3, -0.25) is 9.59 Å². The van der Waals surface area contributed by atoms with Crippen molar-refractivity contribution < 1.29 is 14.7 Å². The summed E-state index contributed by atoms with van der Waals surface area (Å²) < 4.78 is 0. The van der Waals surface area contributed by atoms with Gasteiger partial charge in [0.25, 0.3) is 5.91 Å². The Morgan fingerprint density at radius 2 is 1.85 bits per heavy atom. The quantitative estimate of drug-likeness (QED) is 0.878. The fourth-order valence-electron chi connectivity index (χ4n) is 2.14. The van der Waals surface area contributed by atoms with Crippen molar-refractivity contribution >= 4 is 22.6 Å². The van der Waals surface area contributed by atoms with E-state index in [9.17, 15) is 9.59 Å². The van der Waals surface area contributed by atoms with Crippen LogP contribution in [0.15, 0.2) is 42.5 Å². The van der Waals surface area contributed by atoms with E-state index >= 15 is 0 Å². The molecule has 20 heavy (non-hydrogen) atoms. The summed E-state index contributed by atoms with van der Waals surface area (Å²) in [7, 11) is 0. The Labute approximate surface area is 117 Å². The van der Waals surface area contributed by atoms with E-state index < -0.39 is 11.9 Å². The predicted octanol–water partition coefficient (Wildman–Crippen LogP) is 2.68. The van der Waals surface area contributed by atoms with Crippen LogP contribution in [0.2, 0.25) is 0 Å². The third-order valence-corrected chi connectivity index (χ3v) is 3.39. The lowest BCUT2D eigenvalue weighted by Crippen LogP contribution is -2.32. The van der Waals surface area contributed by atoms with Crippen LogP contribution in [0, 0.1) is 5.92 Å². The summed E-state index contributed by atoms with van der Waals surface area (Å²) in [4.78, 5) is 23.1. The maximum absolute atomic E-state index is 12.2. The van der Waals surface area contributed by atoms with E-state index in [2.05, 4.69) is 5.32 Å². The first kappa shape index (κ1) is 14.1. The van der Waals surface area contributed by atoms with E-state index in [0.717, 1.165) is 10.8 Å². The first-order valence-electron chi connectivity index (χ1n) is 6.62. The molecule has 1 unspecified atom stereocenters. The van der Waals surface area contributed by atoms with Crippen molar-refractivity contribution in [1.29, 1.82) is 0 Å². The van der Waals surface area contributed by atoms with Gasteiger partial charge in [-0.1, -0.05) is 43.3 Å². The van der Waals surface area contributed by atoms with Crippen LogP contribution in [-0.2, 0) is 4.79 Å². The number of aliphatic carboxylic acids is 1. The van der Waals surface area contributed by atoms with E-state index in [1.54, 1.807) is 13.0 Å². The van der Waals surface area contributed by atoms with Gasteiger partial charge in [0.1, 0.15) is 0 Å². The molecule has 0 bridgehead atoms. The SMILES string of the molecule is CCC(CNC(=O)c1cccc2ccccc12)C(=O)O. The number of rotatable bonds is 5. The lowest BCUT2D eigenvalue weighted by Gasteiger charge is -2.12. The average Bonchev–Trinajstić information content (AvgIpc) is 2.46. The minimum Gasteiger partial charge on any atom is -0.481 e. The van der Waals surface area contributed by atoms with Crippen molar-refractivity contribution in [3.05, 3.63) is 48.0 Å². The monoisotopic (exact) mass is 271 g/mol. The second-order valence-corrected chi connectivity index (χ2v) is 4.68. The highest BCUT2D eigenvalue weighted by molar-refractivity contribution is 6.07. The number of carboxylic acid groups (broad SMARTS) is 1. The Kier molecular flexibility index (Phi) is 4.35. The van der Waals surface area contributed by atoms with Crippen molar-refractivity contribution in [3.8, 4) is 0 Å². The van der Waals surface area contributed by atoms with Gasteiger partial charge in [-0.05, 0) is 23.3 Å². The van der Waals surface area contributed by atoms with Crippen LogP contribution in [-0.4, -0.2) is 23.5 Å². The number of nitrogens with one attached hydrogen (secondary N) is 1. The zero-order valence-corrected chi connectivity index (χ0v) is 11.3. The highest BCUT2D eigenvalue weighted by Crippen LogP contribution is 2.18. The summed E-state index contributed by atoms with van der Waals surface area (Å²) in [5.41, 5.74) is 0.573. The smallest absolute Gasteiger partial charge is 0.308 e. The van der Waals surface area contributed by atoms with Crippen molar-refractivity contribution in [2.24, 2.45) is 5.92 Å². The zero-order chi connectivity index (χ0) is 14.5. The van der Waals surface area contributed by atoms with Crippen molar-refractivity contribution in [2.75, 3.05) is 6.54 Å². The third kappa shape index (κ3) is 2.96. The van der Waals surface area contributed by atoms with E-state index in [1.165, 1.54) is 0 Å². The molecule has 0 saturated heterocycles. The normalized spacial score (nSPS) is 12.1. The minimum atomic E-state index is -0.884. The second-order valence-electron chi connectivity index (χ2n) is 4.68. The van der Waals surface area contributed by atoms with Gasteiger partial charge in [0.2, 0.25) is 0 Å². The lowest BCUT2D eigenvalue weighted by molar-refractivity contribution is -0.141. The average molecular weight is 271 g/mol. The summed E-state index contributed by atoms with van der Waals surface area (Å²) in [5.74, 6) is -1.67. The van der Waals surface area contributed by atoms with E-state index in [4.69, 9.17) is 5.11 Å². The number of benzene rings is 2. The number of carboxylic acids is 1. The molecule has 4 nitrogen and oxygen atoms in total. The fourth-order valence-corrected chi connectivity index (χ4v) is 2.14. The Hall–Kier alpha value is -2.36. The van der Waals surface area contributed by atoms with Crippen LogP contribution in [0.4, 0.5) is 0 Å². The molecule has 0 aromatic heterocycles. The molecule has 0 saturated carbocycles. The molecule has 1 amide bonds. The van der Waals surface area contributed by atoms with Crippen LogP contribution in [0.3, 0.4) is 0 Å².